The summed E-state index contributed by atoms with van der Waals surface area (Å²) in [4.78, 5) is 1.83. The summed E-state index contributed by atoms with van der Waals surface area (Å²) in [7, 11) is 0. The molecular weight excluding hydrogens is 145 g/mol. The highest BCUT2D eigenvalue weighted by Gasteiger charge is 2.31. The first-order chi connectivity index (χ1) is 5.02. The fourth-order valence-corrected chi connectivity index (χ4v) is 1.33. The standard InChI is InChI=1S/C8H16FNO/c1-8(2,3)10-4-5-11-6-7(10)9/h7H,4-6H2,1-3H3/t7-/m1/s1. The molecule has 2 nitrogen and oxygen atoms in total. The van der Waals surface area contributed by atoms with Gasteiger partial charge in [0, 0.05) is 12.1 Å². The van der Waals surface area contributed by atoms with Gasteiger partial charge in [-0.2, -0.15) is 0 Å². The molecule has 0 aliphatic carbocycles. The fraction of sp³-hybridized carbons (Fsp3) is 1.00. The zero-order valence-corrected chi connectivity index (χ0v) is 7.43. The molecule has 0 aromatic rings. The second kappa shape index (κ2) is 3.07. The highest BCUT2D eigenvalue weighted by atomic mass is 19.1. The second-order valence-corrected chi connectivity index (χ2v) is 3.87. The normalized spacial score (nSPS) is 28.9. The summed E-state index contributed by atoms with van der Waals surface area (Å²) in [6.45, 7) is 7.63. The Kier molecular flexibility index (Phi) is 2.50. The van der Waals surface area contributed by atoms with Crippen LogP contribution in [0.25, 0.3) is 0 Å². The third-order valence-electron chi connectivity index (χ3n) is 1.93. The zero-order valence-electron chi connectivity index (χ0n) is 7.43. The smallest absolute Gasteiger partial charge is 0.177 e. The lowest BCUT2D eigenvalue weighted by atomic mass is 10.1. The topological polar surface area (TPSA) is 12.5 Å². The van der Waals surface area contributed by atoms with Crippen LogP contribution in [0.5, 0.6) is 0 Å². The fourth-order valence-electron chi connectivity index (χ4n) is 1.33. The van der Waals surface area contributed by atoms with Crippen LogP contribution in [0.15, 0.2) is 0 Å². The number of morpholine rings is 1. The molecule has 1 heterocycles. The van der Waals surface area contributed by atoms with E-state index in [-0.39, 0.29) is 12.1 Å². The van der Waals surface area contributed by atoms with E-state index in [2.05, 4.69) is 0 Å². The van der Waals surface area contributed by atoms with Crippen LogP contribution in [0.1, 0.15) is 20.8 Å². The van der Waals surface area contributed by atoms with Gasteiger partial charge in [0.2, 0.25) is 0 Å². The van der Waals surface area contributed by atoms with Crippen molar-refractivity contribution >= 4 is 0 Å². The third-order valence-corrected chi connectivity index (χ3v) is 1.93. The zero-order chi connectivity index (χ0) is 8.48. The summed E-state index contributed by atoms with van der Waals surface area (Å²) < 4.78 is 18.1. The number of hydrogen-bond donors (Lipinski definition) is 0. The first kappa shape index (κ1) is 8.94. The lowest BCUT2D eigenvalue weighted by molar-refractivity contribution is -0.1000. The van der Waals surface area contributed by atoms with E-state index in [9.17, 15) is 4.39 Å². The van der Waals surface area contributed by atoms with Gasteiger partial charge in [-0.15, -0.1) is 0 Å². The Bertz CT molecular complexity index is 133. The molecule has 1 aliphatic rings. The molecule has 3 heteroatoms. The highest BCUT2D eigenvalue weighted by molar-refractivity contribution is 4.80. The minimum atomic E-state index is -0.927. The molecule has 0 bridgehead atoms. The van der Waals surface area contributed by atoms with Crippen LogP contribution >= 0.6 is 0 Å². The Morgan fingerprint density at radius 2 is 2.09 bits per heavy atom. The quantitative estimate of drug-likeness (QED) is 0.498. The van der Waals surface area contributed by atoms with Crippen LogP contribution < -0.4 is 0 Å². The number of halogens is 1. The van der Waals surface area contributed by atoms with E-state index < -0.39 is 6.30 Å². The monoisotopic (exact) mass is 161 g/mol. The van der Waals surface area contributed by atoms with E-state index in [0.29, 0.717) is 13.2 Å². The number of ether oxygens (including phenoxy) is 1. The van der Waals surface area contributed by atoms with Crippen LogP contribution in [-0.2, 0) is 4.74 Å². The van der Waals surface area contributed by atoms with E-state index >= 15 is 0 Å². The molecule has 1 fully saturated rings. The van der Waals surface area contributed by atoms with Gasteiger partial charge in [-0.3, -0.25) is 4.90 Å². The maximum Gasteiger partial charge on any atom is 0.177 e. The molecule has 1 aliphatic heterocycles. The van der Waals surface area contributed by atoms with Gasteiger partial charge in [0.25, 0.3) is 0 Å². The third kappa shape index (κ3) is 2.14. The lowest BCUT2D eigenvalue weighted by Gasteiger charge is -2.40. The number of nitrogens with zero attached hydrogens (tertiary/aromatic N) is 1. The van der Waals surface area contributed by atoms with E-state index in [0.717, 1.165) is 0 Å². The Balaban J connectivity index is 2.55. The molecule has 1 rings (SSSR count). The Morgan fingerprint density at radius 1 is 1.45 bits per heavy atom. The van der Waals surface area contributed by atoms with E-state index in [1.807, 2.05) is 25.7 Å². The summed E-state index contributed by atoms with van der Waals surface area (Å²) in [6.07, 6.45) is -0.927. The van der Waals surface area contributed by atoms with Crippen molar-refractivity contribution in [1.82, 2.24) is 4.90 Å². The highest BCUT2D eigenvalue weighted by Crippen LogP contribution is 2.20. The molecule has 0 radical (unpaired) electrons. The Labute approximate surface area is 67.3 Å². The predicted octanol–water partition coefficient (Wildman–Crippen LogP) is 1.41. The summed E-state index contributed by atoms with van der Waals surface area (Å²) >= 11 is 0. The van der Waals surface area contributed by atoms with Crippen molar-refractivity contribution in [2.45, 2.75) is 32.6 Å². The molecule has 0 saturated carbocycles. The summed E-state index contributed by atoms with van der Waals surface area (Å²) in [6, 6.07) is 0. The van der Waals surface area contributed by atoms with Gasteiger partial charge in [-0.05, 0) is 20.8 Å². The minimum absolute atomic E-state index is 0.0802. The van der Waals surface area contributed by atoms with Gasteiger partial charge >= 0.3 is 0 Å². The molecular formula is C8H16FNO. The maximum atomic E-state index is 13.1. The molecule has 0 aromatic heterocycles. The van der Waals surface area contributed by atoms with Crippen molar-refractivity contribution in [2.24, 2.45) is 0 Å². The van der Waals surface area contributed by atoms with Gasteiger partial charge in [-0.25, -0.2) is 4.39 Å². The maximum absolute atomic E-state index is 13.1. The average molecular weight is 161 g/mol. The Morgan fingerprint density at radius 3 is 2.45 bits per heavy atom. The average Bonchev–Trinajstić information content (AvgIpc) is 1.86. The van der Waals surface area contributed by atoms with Gasteiger partial charge in [0.05, 0.1) is 13.2 Å². The summed E-state index contributed by atoms with van der Waals surface area (Å²) in [5.41, 5.74) is -0.0802. The predicted molar refractivity (Wildman–Crippen MR) is 42.2 cm³/mol. The molecule has 1 atom stereocenters. The van der Waals surface area contributed by atoms with Gasteiger partial charge < -0.3 is 4.74 Å². The van der Waals surface area contributed by atoms with Gasteiger partial charge in [0.1, 0.15) is 0 Å². The first-order valence-electron chi connectivity index (χ1n) is 4.00. The molecule has 66 valence electrons. The molecule has 0 amide bonds. The van der Waals surface area contributed by atoms with E-state index in [1.165, 1.54) is 0 Å². The van der Waals surface area contributed by atoms with Crippen LogP contribution in [0, 0.1) is 0 Å². The van der Waals surface area contributed by atoms with Crippen molar-refractivity contribution in [2.75, 3.05) is 19.8 Å². The molecule has 11 heavy (non-hydrogen) atoms. The largest absolute Gasteiger partial charge is 0.376 e. The molecule has 0 N–H and O–H groups in total. The van der Waals surface area contributed by atoms with Crippen molar-refractivity contribution in [3.05, 3.63) is 0 Å². The first-order valence-corrected chi connectivity index (χ1v) is 4.00. The second-order valence-electron chi connectivity index (χ2n) is 3.87. The van der Waals surface area contributed by atoms with Crippen molar-refractivity contribution in [3.8, 4) is 0 Å². The lowest BCUT2D eigenvalue weighted by Crippen LogP contribution is -2.52. The number of rotatable bonds is 0. The summed E-state index contributed by atoms with van der Waals surface area (Å²) in [5, 5.41) is 0. The molecule has 1 saturated heterocycles. The van der Waals surface area contributed by atoms with Crippen LogP contribution in [-0.4, -0.2) is 36.5 Å². The SMILES string of the molecule is CC(C)(C)N1CCOC[C@@H]1F. The number of alkyl halides is 1. The van der Waals surface area contributed by atoms with Crippen LogP contribution in [0.3, 0.4) is 0 Å². The van der Waals surface area contributed by atoms with E-state index in [4.69, 9.17) is 4.74 Å². The van der Waals surface area contributed by atoms with Crippen LogP contribution in [0.4, 0.5) is 4.39 Å². The number of hydrogen-bond acceptors (Lipinski definition) is 2. The van der Waals surface area contributed by atoms with Gasteiger partial charge in [-0.1, -0.05) is 0 Å². The van der Waals surface area contributed by atoms with Crippen molar-refractivity contribution in [3.63, 3.8) is 0 Å². The minimum Gasteiger partial charge on any atom is -0.376 e. The summed E-state index contributed by atoms with van der Waals surface area (Å²) in [5.74, 6) is 0. The van der Waals surface area contributed by atoms with Crippen molar-refractivity contribution in [1.29, 1.82) is 0 Å². The van der Waals surface area contributed by atoms with Crippen molar-refractivity contribution < 1.29 is 9.13 Å². The molecule has 0 spiro atoms. The van der Waals surface area contributed by atoms with Gasteiger partial charge in [0.15, 0.2) is 6.30 Å². The molecule has 0 unspecified atom stereocenters. The molecule has 0 aromatic carbocycles. The Hall–Kier alpha value is -0.150. The van der Waals surface area contributed by atoms with E-state index in [1.54, 1.807) is 0 Å². The van der Waals surface area contributed by atoms with Crippen LogP contribution in [0.2, 0.25) is 0 Å².